The smallest absolute Gasteiger partial charge is 0.252 e. The number of benzene rings is 2. The summed E-state index contributed by atoms with van der Waals surface area (Å²) in [5, 5.41) is 3.32. The quantitative estimate of drug-likeness (QED) is 0.869. The average Bonchev–Trinajstić information content (AvgIpc) is 2.61. The van der Waals surface area contributed by atoms with E-state index in [9.17, 15) is 9.59 Å². The van der Waals surface area contributed by atoms with E-state index < -0.39 is 6.04 Å². The van der Waals surface area contributed by atoms with Gasteiger partial charge in [0.15, 0.2) is 0 Å². The Kier molecular flexibility index (Phi) is 6.38. The molecule has 0 aromatic heterocycles. The molecule has 0 heterocycles. The fourth-order valence-electron chi connectivity index (χ4n) is 2.50. The fourth-order valence-corrected chi connectivity index (χ4v) is 2.69. The third kappa shape index (κ3) is 4.36. The summed E-state index contributed by atoms with van der Waals surface area (Å²) in [6.07, 6.45) is 0. The van der Waals surface area contributed by atoms with Crippen LogP contribution >= 0.6 is 11.6 Å². The third-order valence-corrected chi connectivity index (χ3v) is 4.05. The monoisotopic (exact) mass is 344 g/mol. The molecule has 0 radical (unpaired) electrons. The predicted octanol–water partition coefficient (Wildman–Crippen LogP) is 3.68. The van der Waals surface area contributed by atoms with Gasteiger partial charge in [0.05, 0.1) is 0 Å². The lowest BCUT2D eigenvalue weighted by atomic mass is 10.0. The summed E-state index contributed by atoms with van der Waals surface area (Å²) >= 11 is 5.95. The minimum absolute atomic E-state index is 0.124. The number of halogens is 1. The molecule has 0 bridgehead atoms. The Morgan fingerprint density at radius 2 is 1.71 bits per heavy atom. The minimum atomic E-state index is -0.724. The van der Waals surface area contributed by atoms with Crippen LogP contribution in [-0.2, 0) is 4.79 Å². The number of rotatable bonds is 6. The predicted molar refractivity (Wildman–Crippen MR) is 96.0 cm³/mol. The van der Waals surface area contributed by atoms with Crippen LogP contribution in [0.5, 0.6) is 0 Å². The normalized spacial score (nSPS) is 11.6. The molecule has 0 saturated heterocycles. The Morgan fingerprint density at radius 1 is 1.04 bits per heavy atom. The van der Waals surface area contributed by atoms with E-state index in [-0.39, 0.29) is 11.8 Å². The van der Waals surface area contributed by atoms with Crippen molar-refractivity contribution in [3.63, 3.8) is 0 Å². The van der Waals surface area contributed by atoms with E-state index >= 15 is 0 Å². The van der Waals surface area contributed by atoms with Gasteiger partial charge in [-0.1, -0.05) is 48.0 Å². The number of hydrogen-bond donors (Lipinski definition) is 1. The van der Waals surface area contributed by atoms with Crippen LogP contribution in [0.4, 0.5) is 0 Å². The van der Waals surface area contributed by atoms with E-state index in [0.717, 1.165) is 5.56 Å². The van der Waals surface area contributed by atoms with Crippen molar-refractivity contribution in [3.8, 4) is 0 Å². The number of nitrogens with zero attached hydrogens (tertiary/aromatic N) is 1. The number of nitrogens with one attached hydrogen (secondary N) is 1. The first kappa shape index (κ1) is 18.0. The zero-order chi connectivity index (χ0) is 17.5. The summed E-state index contributed by atoms with van der Waals surface area (Å²) in [5.41, 5.74) is 1.18. The zero-order valence-electron chi connectivity index (χ0n) is 13.8. The van der Waals surface area contributed by atoms with Crippen LogP contribution in [0.2, 0.25) is 5.02 Å². The van der Waals surface area contributed by atoms with Gasteiger partial charge in [0.1, 0.15) is 6.04 Å². The molecule has 0 aliphatic carbocycles. The standard InChI is InChI=1S/C19H21ClN2O2/c1-3-22(4-2)19(24)17(14-9-6-5-7-10-14)21-18(23)15-11-8-12-16(20)13-15/h5-13,17H,3-4H2,1-2H3,(H,21,23)/t17-/m0/s1. The second kappa shape index (κ2) is 8.50. The maximum Gasteiger partial charge on any atom is 0.252 e. The zero-order valence-corrected chi connectivity index (χ0v) is 14.6. The summed E-state index contributed by atoms with van der Waals surface area (Å²) in [7, 11) is 0. The molecule has 0 spiro atoms. The highest BCUT2D eigenvalue weighted by Gasteiger charge is 2.26. The van der Waals surface area contributed by atoms with E-state index in [0.29, 0.717) is 23.7 Å². The molecule has 0 aliphatic heterocycles. The van der Waals surface area contributed by atoms with Crippen LogP contribution in [0.15, 0.2) is 54.6 Å². The second-order valence-corrected chi connectivity index (χ2v) is 5.77. The van der Waals surface area contributed by atoms with Crippen LogP contribution in [0.25, 0.3) is 0 Å². The molecule has 2 aromatic carbocycles. The van der Waals surface area contributed by atoms with Crippen LogP contribution in [0.3, 0.4) is 0 Å². The molecule has 0 unspecified atom stereocenters. The number of likely N-dealkylation sites (N-methyl/N-ethyl adjacent to an activating group) is 1. The first-order valence-corrected chi connectivity index (χ1v) is 8.34. The molecule has 0 aliphatic rings. The molecule has 2 rings (SSSR count). The number of hydrogen-bond acceptors (Lipinski definition) is 2. The Labute approximate surface area is 147 Å². The lowest BCUT2D eigenvalue weighted by Gasteiger charge is -2.26. The van der Waals surface area contributed by atoms with Gasteiger partial charge in [-0.05, 0) is 37.6 Å². The topological polar surface area (TPSA) is 49.4 Å². The number of amides is 2. The molecule has 4 nitrogen and oxygen atoms in total. The van der Waals surface area contributed by atoms with Crippen molar-refractivity contribution in [1.29, 1.82) is 0 Å². The summed E-state index contributed by atoms with van der Waals surface area (Å²) in [4.78, 5) is 27.1. The molecule has 5 heteroatoms. The second-order valence-electron chi connectivity index (χ2n) is 5.34. The molecular formula is C19H21ClN2O2. The summed E-state index contributed by atoms with van der Waals surface area (Å²) in [6.45, 7) is 5.02. The van der Waals surface area contributed by atoms with Crippen molar-refractivity contribution in [1.82, 2.24) is 10.2 Å². The van der Waals surface area contributed by atoms with Gasteiger partial charge in [-0.15, -0.1) is 0 Å². The molecule has 2 amide bonds. The van der Waals surface area contributed by atoms with Gasteiger partial charge >= 0.3 is 0 Å². The first-order chi connectivity index (χ1) is 11.6. The van der Waals surface area contributed by atoms with E-state index in [1.807, 2.05) is 44.2 Å². The minimum Gasteiger partial charge on any atom is -0.341 e. The van der Waals surface area contributed by atoms with Crippen molar-refractivity contribution in [2.45, 2.75) is 19.9 Å². The highest BCUT2D eigenvalue weighted by Crippen LogP contribution is 2.18. The maximum atomic E-state index is 12.8. The van der Waals surface area contributed by atoms with Gasteiger partial charge in [0.25, 0.3) is 5.91 Å². The SMILES string of the molecule is CCN(CC)C(=O)[C@@H](NC(=O)c1cccc(Cl)c1)c1ccccc1. The van der Waals surface area contributed by atoms with Gasteiger partial charge in [-0.2, -0.15) is 0 Å². The molecular weight excluding hydrogens is 324 g/mol. The van der Waals surface area contributed by atoms with E-state index in [4.69, 9.17) is 11.6 Å². The lowest BCUT2D eigenvalue weighted by Crippen LogP contribution is -2.42. The van der Waals surface area contributed by atoms with E-state index in [2.05, 4.69) is 5.32 Å². The molecule has 1 N–H and O–H groups in total. The summed E-state index contributed by atoms with van der Waals surface area (Å²) < 4.78 is 0. The average molecular weight is 345 g/mol. The Bertz CT molecular complexity index is 700. The fraction of sp³-hybridized carbons (Fsp3) is 0.263. The molecule has 24 heavy (non-hydrogen) atoms. The number of carbonyl (C=O) groups is 2. The molecule has 126 valence electrons. The van der Waals surface area contributed by atoms with E-state index in [1.54, 1.807) is 29.2 Å². The Morgan fingerprint density at radius 3 is 2.29 bits per heavy atom. The van der Waals surface area contributed by atoms with Gasteiger partial charge in [0.2, 0.25) is 5.91 Å². The van der Waals surface area contributed by atoms with Crippen molar-refractivity contribution < 1.29 is 9.59 Å². The Hall–Kier alpha value is -2.33. The van der Waals surface area contributed by atoms with Crippen molar-refractivity contribution in [2.24, 2.45) is 0 Å². The summed E-state index contributed by atoms with van der Waals surface area (Å²) in [6, 6.07) is 15.2. The van der Waals surface area contributed by atoms with E-state index in [1.165, 1.54) is 0 Å². The highest BCUT2D eigenvalue weighted by molar-refractivity contribution is 6.31. The van der Waals surface area contributed by atoms with Crippen molar-refractivity contribution in [2.75, 3.05) is 13.1 Å². The van der Waals surface area contributed by atoms with Crippen LogP contribution in [-0.4, -0.2) is 29.8 Å². The molecule has 0 saturated carbocycles. The highest BCUT2D eigenvalue weighted by atomic mass is 35.5. The Balaban J connectivity index is 2.29. The third-order valence-electron chi connectivity index (χ3n) is 3.82. The largest absolute Gasteiger partial charge is 0.341 e. The van der Waals surface area contributed by atoms with Gasteiger partial charge in [0, 0.05) is 23.7 Å². The lowest BCUT2D eigenvalue weighted by molar-refractivity contribution is -0.133. The van der Waals surface area contributed by atoms with Crippen molar-refractivity contribution >= 4 is 23.4 Å². The molecule has 0 fully saturated rings. The van der Waals surface area contributed by atoms with Crippen LogP contribution in [0, 0.1) is 0 Å². The summed E-state index contributed by atoms with van der Waals surface area (Å²) in [5.74, 6) is -0.451. The first-order valence-electron chi connectivity index (χ1n) is 7.97. The molecule has 1 atom stereocenters. The maximum absolute atomic E-state index is 12.8. The molecule has 2 aromatic rings. The van der Waals surface area contributed by atoms with Crippen molar-refractivity contribution in [3.05, 3.63) is 70.7 Å². The van der Waals surface area contributed by atoms with Gasteiger partial charge < -0.3 is 10.2 Å². The van der Waals surface area contributed by atoms with Crippen LogP contribution < -0.4 is 5.32 Å². The van der Waals surface area contributed by atoms with Crippen LogP contribution in [0.1, 0.15) is 35.8 Å². The van der Waals surface area contributed by atoms with Gasteiger partial charge in [-0.3, -0.25) is 9.59 Å². The van der Waals surface area contributed by atoms with Gasteiger partial charge in [-0.25, -0.2) is 0 Å². The number of carbonyl (C=O) groups excluding carboxylic acids is 2.